The number of hydrogen-bond acceptors (Lipinski definition) is 3. The number of nitrogens with one attached hydrogen (secondary N) is 3. The van der Waals surface area contributed by atoms with Gasteiger partial charge in [0.05, 0.1) is 0 Å². The lowest BCUT2D eigenvalue weighted by Crippen LogP contribution is -2.45. The van der Waals surface area contributed by atoms with Crippen LogP contribution < -0.4 is 16.0 Å². The van der Waals surface area contributed by atoms with Gasteiger partial charge in [0, 0.05) is 28.9 Å². The second-order valence-electron chi connectivity index (χ2n) is 6.76. The maximum absolute atomic E-state index is 12.2. The normalized spacial score (nSPS) is 10.7. The number of benzene rings is 2. The number of anilines is 2. The largest absolute Gasteiger partial charge is 0.481 e. The van der Waals surface area contributed by atoms with Crippen LogP contribution >= 0.6 is 0 Å². The average molecular weight is 369 g/mol. The summed E-state index contributed by atoms with van der Waals surface area (Å²) >= 11 is 0. The Bertz CT molecular complexity index is 819. The average Bonchev–Trinajstić information content (AvgIpc) is 2.60. The van der Waals surface area contributed by atoms with Crippen molar-refractivity contribution in [3.05, 3.63) is 60.2 Å². The first kappa shape index (κ1) is 20.0. The number of amides is 3. The van der Waals surface area contributed by atoms with Crippen molar-refractivity contribution in [2.75, 3.05) is 10.6 Å². The van der Waals surface area contributed by atoms with Crippen LogP contribution in [0, 0.1) is 0 Å². The Morgan fingerprint density at radius 2 is 1.56 bits per heavy atom. The number of carbonyl (C=O) groups is 3. The molecule has 142 valence electrons. The van der Waals surface area contributed by atoms with Crippen molar-refractivity contribution < 1.29 is 19.5 Å². The predicted molar refractivity (Wildman–Crippen MR) is 104 cm³/mol. The van der Waals surface area contributed by atoms with E-state index in [1.807, 2.05) is 6.07 Å². The molecule has 0 aliphatic heterocycles. The van der Waals surface area contributed by atoms with E-state index in [9.17, 15) is 14.4 Å². The number of carboxylic acids is 1. The standard InChI is InChI=1S/C20H23N3O4/c1-20(2,12-11-17(24)25)23-19(27)22-16-10-6-9-15(13-16)21-18(26)14-7-4-3-5-8-14/h3-10,13H,11-12H2,1-2H3,(H,21,26)(H,24,25)(H2,22,23,27). The molecule has 7 heteroatoms. The van der Waals surface area contributed by atoms with E-state index in [2.05, 4.69) is 16.0 Å². The van der Waals surface area contributed by atoms with Gasteiger partial charge in [0.2, 0.25) is 0 Å². The van der Waals surface area contributed by atoms with E-state index in [-0.39, 0.29) is 12.3 Å². The van der Waals surface area contributed by atoms with Gasteiger partial charge in [0.25, 0.3) is 5.91 Å². The molecule has 7 nitrogen and oxygen atoms in total. The van der Waals surface area contributed by atoms with Gasteiger partial charge in [-0.3, -0.25) is 9.59 Å². The lowest BCUT2D eigenvalue weighted by Gasteiger charge is -2.25. The highest BCUT2D eigenvalue weighted by molar-refractivity contribution is 6.04. The van der Waals surface area contributed by atoms with E-state index in [1.54, 1.807) is 62.4 Å². The zero-order valence-corrected chi connectivity index (χ0v) is 15.3. The van der Waals surface area contributed by atoms with Crippen LogP contribution in [0.25, 0.3) is 0 Å². The minimum absolute atomic E-state index is 0.0334. The lowest BCUT2D eigenvalue weighted by molar-refractivity contribution is -0.137. The molecule has 0 aromatic heterocycles. The summed E-state index contributed by atoms with van der Waals surface area (Å²) in [7, 11) is 0. The number of urea groups is 1. The van der Waals surface area contributed by atoms with Crippen LogP contribution in [0.3, 0.4) is 0 Å². The van der Waals surface area contributed by atoms with Gasteiger partial charge < -0.3 is 21.1 Å². The van der Waals surface area contributed by atoms with Crippen LogP contribution in [0.1, 0.15) is 37.0 Å². The van der Waals surface area contributed by atoms with E-state index >= 15 is 0 Å². The maximum atomic E-state index is 12.2. The summed E-state index contributed by atoms with van der Waals surface area (Å²) in [5.41, 5.74) is 0.926. The number of rotatable bonds is 7. The van der Waals surface area contributed by atoms with Gasteiger partial charge >= 0.3 is 12.0 Å². The third-order valence-corrected chi connectivity index (χ3v) is 3.83. The van der Waals surface area contributed by atoms with Gasteiger partial charge in [-0.1, -0.05) is 24.3 Å². The quantitative estimate of drug-likeness (QED) is 0.597. The molecular weight excluding hydrogens is 346 g/mol. The zero-order valence-electron chi connectivity index (χ0n) is 15.3. The number of aliphatic carboxylic acids is 1. The Hall–Kier alpha value is -3.35. The van der Waals surface area contributed by atoms with Crippen molar-refractivity contribution >= 4 is 29.3 Å². The van der Waals surface area contributed by atoms with Crippen LogP contribution in [0.5, 0.6) is 0 Å². The molecule has 0 bridgehead atoms. The predicted octanol–water partition coefficient (Wildman–Crippen LogP) is 3.70. The van der Waals surface area contributed by atoms with Crippen molar-refractivity contribution in [1.82, 2.24) is 5.32 Å². The highest BCUT2D eigenvalue weighted by Gasteiger charge is 2.21. The Morgan fingerprint density at radius 1 is 0.926 bits per heavy atom. The summed E-state index contributed by atoms with van der Waals surface area (Å²) in [6, 6.07) is 15.1. The fourth-order valence-electron chi connectivity index (χ4n) is 2.42. The van der Waals surface area contributed by atoms with E-state index in [0.29, 0.717) is 23.4 Å². The van der Waals surface area contributed by atoms with Crippen LogP contribution in [0.2, 0.25) is 0 Å². The Labute approximate surface area is 157 Å². The fraction of sp³-hybridized carbons (Fsp3) is 0.250. The lowest BCUT2D eigenvalue weighted by atomic mass is 9.99. The van der Waals surface area contributed by atoms with E-state index in [1.165, 1.54) is 0 Å². The Balaban J connectivity index is 1.95. The number of hydrogen-bond donors (Lipinski definition) is 4. The van der Waals surface area contributed by atoms with E-state index in [0.717, 1.165) is 0 Å². The van der Waals surface area contributed by atoms with Crippen molar-refractivity contribution in [2.24, 2.45) is 0 Å². The molecule has 0 unspecified atom stereocenters. The Morgan fingerprint density at radius 3 is 2.19 bits per heavy atom. The summed E-state index contributed by atoms with van der Waals surface area (Å²) in [6.07, 6.45) is 0.275. The maximum Gasteiger partial charge on any atom is 0.319 e. The highest BCUT2D eigenvalue weighted by atomic mass is 16.4. The molecule has 0 spiro atoms. The van der Waals surface area contributed by atoms with E-state index < -0.39 is 17.5 Å². The van der Waals surface area contributed by atoms with Gasteiger partial charge in [0.15, 0.2) is 0 Å². The second-order valence-corrected chi connectivity index (χ2v) is 6.76. The first-order valence-corrected chi connectivity index (χ1v) is 8.53. The second kappa shape index (κ2) is 8.84. The summed E-state index contributed by atoms with van der Waals surface area (Å²) in [5, 5.41) is 17.0. The molecule has 2 aromatic rings. The third-order valence-electron chi connectivity index (χ3n) is 3.83. The number of carboxylic acid groups (broad SMARTS) is 1. The summed E-state index contributed by atoms with van der Waals surface area (Å²) in [6.45, 7) is 3.51. The topological polar surface area (TPSA) is 108 Å². The highest BCUT2D eigenvalue weighted by Crippen LogP contribution is 2.17. The summed E-state index contributed by atoms with van der Waals surface area (Å²) in [4.78, 5) is 35.1. The summed E-state index contributed by atoms with van der Waals surface area (Å²) in [5.74, 6) is -1.15. The minimum atomic E-state index is -0.910. The van der Waals surface area contributed by atoms with Gasteiger partial charge in [0.1, 0.15) is 0 Å². The van der Waals surface area contributed by atoms with Crippen LogP contribution in [-0.2, 0) is 4.79 Å². The Kier molecular flexibility index (Phi) is 6.54. The fourth-order valence-corrected chi connectivity index (χ4v) is 2.42. The van der Waals surface area contributed by atoms with Crippen LogP contribution in [-0.4, -0.2) is 28.6 Å². The van der Waals surface area contributed by atoms with Crippen molar-refractivity contribution in [1.29, 1.82) is 0 Å². The molecule has 27 heavy (non-hydrogen) atoms. The molecule has 0 saturated heterocycles. The smallest absolute Gasteiger partial charge is 0.319 e. The zero-order chi connectivity index (χ0) is 19.9. The van der Waals surface area contributed by atoms with Gasteiger partial charge in [-0.15, -0.1) is 0 Å². The van der Waals surface area contributed by atoms with Gasteiger partial charge in [-0.2, -0.15) is 0 Å². The SMILES string of the molecule is CC(C)(CCC(=O)O)NC(=O)Nc1cccc(NC(=O)c2ccccc2)c1. The van der Waals surface area contributed by atoms with Gasteiger partial charge in [-0.25, -0.2) is 4.79 Å². The van der Waals surface area contributed by atoms with Crippen LogP contribution in [0.4, 0.5) is 16.2 Å². The molecule has 0 aliphatic rings. The molecule has 0 radical (unpaired) electrons. The molecule has 3 amide bonds. The number of carbonyl (C=O) groups excluding carboxylic acids is 2. The molecule has 0 fully saturated rings. The third kappa shape index (κ3) is 6.81. The molecule has 2 aromatic carbocycles. The van der Waals surface area contributed by atoms with Crippen LogP contribution in [0.15, 0.2) is 54.6 Å². The first-order chi connectivity index (χ1) is 12.7. The first-order valence-electron chi connectivity index (χ1n) is 8.53. The van der Waals surface area contributed by atoms with E-state index in [4.69, 9.17) is 5.11 Å². The summed E-state index contributed by atoms with van der Waals surface area (Å²) < 4.78 is 0. The molecule has 2 rings (SSSR count). The van der Waals surface area contributed by atoms with Crippen molar-refractivity contribution in [2.45, 2.75) is 32.2 Å². The van der Waals surface area contributed by atoms with Crippen molar-refractivity contribution in [3.63, 3.8) is 0 Å². The molecule has 0 heterocycles. The monoisotopic (exact) mass is 369 g/mol. The van der Waals surface area contributed by atoms with Crippen molar-refractivity contribution in [3.8, 4) is 0 Å². The molecule has 4 N–H and O–H groups in total. The molecule has 0 saturated carbocycles. The van der Waals surface area contributed by atoms with Gasteiger partial charge in [-0.05, 0) is 50.6 Å². The molecule has 0 atom stereocenters. The minimum Gasteiger partial charge on any atom is -0.481 e. The molecular formula is C20H23N3O4. The molecule has 0 aliphatic carbocycles.